The number of carbonyl (C=O) groups is 1. The van der Waals surface area contributed by atoms with Crippen LogP contribution < -0.4 is 5.73 Å². The molecule has 5 heterocycles. The number of Topliss-reactive ketones (excluding diaryl/α,β-unsaturated/α-hetero) is 1. The first kappa shape index (κ1) is 43.3. The zero-order valence-electron chi connectivity index (χ0n) is 34.6. The van der Waals surface area contributed by atoms with Gasteiger partial charge in [0, 0.05) is 65.4 Å². The van der Waals surface area contributed by atoms with Gasteiger partial charge in [-0.25, -0.2) is 0 Å². The maximum Gasteiger partial charge on any atom is 0.135 e. The molecule has 0 spiro atoms. The third kappa shape index (κ3) is 10.5. The molecular formula is C44H73NO10. The molecule has 11 nitrogen and oxygen atoms in total. The van der Waals surface area contributed by atoms with Gasteiger partial charge >= 0.3 is 0 Å². The SMILES string of the molecule is C=C1C[C@H](CC[C@H]2C[C@H]([C@H]3C[C@@H](OC)[C@H]4O[C@@H](CC(=O)C[C@@H]5[C@@H](OC)[C@@H](C[C@H](O)CN)O[C@H]5C)CC[C@@H]4O3)[C@H](OC)C2)O[C@H]1CC[C@H]1C[C@@H](C)C(=C)[C@@H](C)O1. The molecule has 3 N–H and O–H groups in total. The van der Waals surface area contributed by atoms with Crippen LogP contribution in [0.2, 0.25) is 0 Å². The van der Waals surface area contributed by atoms with Gasteiger partial charge in [0.1, 0.15) is 11.9 Å². The number of aliphatic hydroxyl groups excluding tert-OH is 1. The van der Waals surface area contributed by atoms with E-state index < -0.39 is 6.10 Å². The predicted molar refractivity (Wildman–Crippen MR) is 210 cm³/mol. The van der Waals surface area contributed by atoms with Crippen molar-refractivity contribution in [3.8, 4) is 0 Å². The monoisotopic (exact) mass is 776 g/mol. The Hall–Kier alpha value is -1.25. The topological polar surface area (TPSA) is 137 Å². The molecule has 55 heavy (non-hydrogen) atoms. The highest BCUT2D eigenvalue weighted by Gasteiger charge is 2.50. The van der Waals surface area contributed by atoms with Gasteiger partial charge in [0.25, 0.3) is 0 Å². The second kappa shape index (κ2) is 19.7. The average molecular weight is 776 g/mol. The number of hydrogen-bond donors (Lipinski definition) is 2. The summed E-state index contributed by atoms with van der Waals surface area (Å²) in [6.45, 7) is 15.1. The average Bonchev–Trinajstić information content (AvgIpc) is 3.84. The van der Waals surface area contributed by atoms with Crippen LogP contribution in [0.5, 0.6) is 0 Å². The summed E-state index contributed by atoms with van der Waals surface area (Å²) >= 11 is 0. The molecule has 5 saturated heterocycles. The zero-order chi connectivity index (χ0) is 39.4. The lowest BCUT2D eigenvalue weighted by atomic mass is 9.84. The molecule has 314 valence electrons. The van der Waals surface area contributed by atoms with Crippen LogP contribution in [-0.4, -0.2) is 124 Å². The van der Waals surface area contributed by atoms with Gasteiger partial charge in [0.15, 0.2) is 0 Å². The highest BCUT2D eigenvalue weighted by Crippen LogP contribution is 2.45. The summed E-state index contributed by atoms with van der Waals surface area (Å²) in [6, 6.07) is 0. The van der Waals surface area contributed by atoms with Crippen LogP contribution in [0.3, 0.4) is 0 Å². The van der Waals surface area contributed by atoms with Gasteiger partial charge in [-0.1, -0.05) is 20.1 Å². The van der Waals surface area contributed by atoms with Crippen molar-refractivity contribution in [2.24, 2.45) is 29.4 Å². The van der Waals surface area contributed by atoms with Crippen molar-refractivity contribution in [2.75, 3.05) is 27.9 Å². The number of ether oxygens (including phenoxy) is 8. The Labute approximate surface area is 330 Å². The molecule has 0 aromatic carbocycles. The van der Waals surface area contributed by atoms with Crippen molar-refractivity contribution >= 4 is 5.78 Å². The van der Waals surface area contributed by atoms with Crippen molar-refractivity contribution in [1.82, 2.24) is 0 Å². The minimum Gasteiger partial charge on any atom is -0.392 e. The van der Waals surface area contributed by atoms with Gasteiger partial charge in [0.2, 0.25) is 0 Å². The van der Waals surface area contributed by atoms with E-state index in [4.69, 9.17) is 43.6 Å². The highest BCUT2D eigenvalue weighted by molar-refractivity contribution is 5.79. The maximum atomic E-state index is 13.4. The lowest BCUT2D eigenvalue weighted by Gasteiger charge is -2.47. The van der Waals surface area contributed by atoms with E-state index in [0.29, 0.717) is 37.0 Å². The number of nitrogens with two attached hydrogens (primary N) is 1. The number of hydrogen-bond acceptors (Lipinski definition) is 11. The van der Waals surface area contributed by atoms with E-state index in [1.165, 1.54) is 11.1 Å². The van der Waals surface area contributed by atoms with Crippen LogP contribution in [0.25, 0.3) is 0 Å². The van der Waals surface area contributed by atoms with E-state index in [1.807, 2.05) is 14.0 Å². The lowest BCUT2D eigenvalue weighted by Crippen LogP contribution is -2.56. The van der Waals surface area contributed by atoms with Gasteiger partial charge in [-0.05, 0) is 101 Å². The molecule has 0 aromatic heterocycles. The standard InChI is InChI=1S/C44H73NO10/c1-24-15-32(51-27(4)26(24)3)11-13-37-25(2)16-33(53-37)10-9-29-17-36(39(18-29)48-6)40-22-41(49-7)44-38(55-40)14-12-34(54-44)19-30(46)20-35-28(5)52-42(43(35)50-8)21-31(47)23-45/h24,27-29,31-44,47H,2-3,9-23,45H2,1,4-8H3/t24-,27-,28+,29+,31+,32+,33+,34-,35+,36+,37+,38+,39-,40-,41-,42-,43-,44+/m1/s1. The Balaban J connectivity index is 0.946. The van der Waals surface area contributed by atoms with Gasteiger partial charge in [-0.2, -0.15) is 0 Å². The van der Waals surface area contributed by atoms with Gasteiger partial charge < -0.3 is 48.7 Å². The van der Waals surface area contributed by atoms with Crippen LogP contribution >= 0.6 is 0 Å². The van der Waals surface area contributed by atoms with Crippen molar-refractivity contribution in [2.45, 2.75) is 196 Å². The van der Waals surface area contributed by atoms with Crippen LogP contribution in [0.4, 0.5) is 0 Å². The Morgan fingerprint density at radius 1 is 0.818 bits per heavy atom. The minimum atomic E-state index is -0.658. The summed E-state index contributed by atoms with van der Waals surface area (Å²) in [7, 11) is 5.24. The van der Waals surface area contributed by atoms with E-state index in [-0.39, 0.29) is 97.6 Å². The highest BCUT2D eigenvalue weighted by atomic mass is 16.6. The van der Waals surface area contributed by atoms with E-state index in [2.05, 4.69) is 27.0 Å². The molecule has 11 heteroatoms. The molecule has 5 aliphatic heterocycles. The molecule has 0 amide bonds. The largest absolute Gasteiger partial charge is 0.392 e. The first-order chi connectivity index (χ1) is 26.4. The quantitative estimate of drug-likeness (QED) is 0.172. The molecule has 6 rings (SSSR count). The molecule has 18 atom stereocenters. The van der Waals surface area contributed by atoms with E-state index in [0.717, 1.165) is 70.6 Å². The molecule has 0 bridgehead atoms. The van der Waals surface area contributed by atoms with Gasteiger partial charge in [-0.15, -0.1) is 0 Å². The van der Waals surface area contributed by atoms with Crippen molar-refractivity contribution in [3.63, 3.8) is 0 Å². The Kier molecular flexibility index (Phi) is 15.5. The Morgan fingerprint density at radius 2 is 1.58 bits per heavy atom. The lowest BCUT2D eigenvalue weighted by molar-refractivity contribution is -0.244. The maximum absolute atomic E-state index is 13.4. The van der Waals surface area contributed by atoms with Crippen LogP contribution in [-0.2, 0) is 42.7 Å². The summed E-state index contributed by atoms with van der Waals surface area (Å²) in [5, 5.41) is 10.1. The number of ketones is 1. The number of fused-ring (bicyclic) bond motifs is 1. The Bertz CT molecular complexity index is 1260. The van der Waals surface area contributed by atoms with Crippen LogP contribution in [0.1, 0.15) is 111 Å². The fourth-order valence-electron chi connectivity index (χ4n) is 11.0. The van der Waals surface area contributed by atoms with E-state index in [9.17, 15) is 9.90 Å². The van der Waals surface area contributed by atoms with Crippen molar-refractivity contribution in [1.29, 1.82) is 0 Å². The first-order valence-electron chi connectivity index (χ1n) is 21.5. The van der Waals surface area contributed by atoms with E-state index in [1.54, 1.807) is 14.2 Å². The Morgan fingerprint density at radius 3 is 2.29 bits per heavy atom. The van der Waals surface area contributed by atoms with Gasteiger partial charge in [-0.3, -0.25) is 4.79 Å². The molecule has 0 radical (unpaired) electrons. The summed E-state index contributed by atoms with van der Waals surface area (Å²) in [4.78, 5) is 13.4. The molecule has 6 aliphatic rings. The predicted octanol–water partition coefficient (Wildman–Crippen LogP) is 5.87. The summed E-state index contributed by atoms with van der Waals surface area (Å²) in [6.07, 6.45) is 10.7. The number of methoxy groups -OCH3 is 3. The van der Waals surface area contributed by atoms with E-state index >= 15 is 0 Å². The molecule has 0 aromatic rings. The third-order valence-electron chi connectivity index (χ3n) is 14.3. The fourth-order valence-corrected chi connectivity index (χ4v) is 11.0. The molecule has 1 saturated carbocycles. The summed E-state index contributed by atoms with van der Waals surface area (Å²) < 4.78 is 50.4. The van der Waals surface area contributed by atoms with Gasteiger partial charge in [0.05, 0.1) is 79.4 Å². The molecule has 6 fully saturated rings. The fraction of sp³-hybridized carbons (Fsp3) is 0.886. The second-order valence-corrected chi connectivity index (χ2v) is 18.0. The molecular weight excluding hydrogens is 702 g/mol. The normalized spacial score (nSPS) is 44.2. The minimum absolute atomic E-state index is 0.0417. The second-order valence-electron chi connectivity index (χ2n) is 18.0. The summed E-state index contributed by atoms with van der Waals surface area (Å²) in [5.74, 6) is 1.42. The first-order valence-corrected chi connectivity index (χ1v) is 21.5. The number of aliphatic hydroxyl groups is 1. The molecule has 1 aliphatic carbocycles. The van der Waals surface area contributed by atoms with Crippen molar-refractivity contribution < 1.29 is 47.8 Å². The zero-order valence-corrected chi connectivity index (χ0v) is 34.6. The van der Waals surface area contributed by atoms with Crippen molar-refractivity contribution in [3.05, 3.63) is 24.3 Å². The van der Waals surface area contributed by atoms with Crippen LogP contribution in [0, 0.1) is 23.7 Å². The van der Waals surface area contributed by atoms with Crippen LogP contribution in [0.15, 0.2) is 24.3 Å². The summed E-state index contributed by atoms with van der Waals surface area (Å²) in [5.41, 5.74) is 8.08. The third-order valence-corrected chi connectivity index (χ3v) is 14.3. The molecule has 0 unspecified atom stereocenters. The number of carbonyl (C=O) groups excluding carboxylic acids is 1. The smallest absolute Gasteiger partial charge is 0.135 e. The number of rotatable bonds is 17.